The van der Waals surface area contributed by atoms with Gasteiger partial charge in [0.15, 0.2) is 11.6 Å². The van der Waals surface area contributed by atoms with Gasteiger partial charge in [0.2, 0.25) is 5.95 Å². The van der Waals surface area contributed by atoms with Crippen LogP contribution < -0.4 is 10.2 Å². The number of morpholine rings is 1. The first-order valence-electron chi connectivity index (χ1n) is 5.81. The second-order valence-electron chi connectivity index (χ2n) is 3.95. The average molecular weight is 240 g/mol. The third kappa shape index (κ3) is 2.46. The number of ether oxygens (including phenoxy) is 1. The highest BCUT2D eigenvalue weighted by molar-refractivity contribution is 5.45. The van der Waals surface area contributed by atoms with Gasteiger partial charge >= 0.3 is 0 Å². The fraction of sp³-hybridized carbons (Fsp3) is 0.636. The predicted octanol–water partition coefficient (Wildman–Crippen LogP) is 1.27. The molecule has 1 aliphatic heterocycles. The van der Waals surface area contributed by atoms with Gasteiger partial charge in [-0.1, -0.05) is 6.92 Å². The maximum Gasteiger partial charge on any atom is 0.224 e. The van der Waals surface area contributed by atoms with Crippen LogP contribution in [0.1, 0.15) is 13.3 Å². The molecule has 94 valence electrons. The Morgan fingerprint density at radius 3 is 3.18 bits per heavy atom. The minimum absolute atomic E-state index is 0.179. The highest BCUT2D eigenvalue weighted by atomic mass is 19.1. The van der Waals surface area contributed by atoms with Crippen LogP contribution in [0.3, 0.4) is 0 Å². The Morgan fingerprint density at radius 1 is 1.65 bits per heavy atom. The van der Waals surface area contributed by atoms with Gasteiger partial charge < -0.3 is 15.0 Å². The van der Waals surface area contributed by atoms with Crippen molar-refractivity contribution < 1.29 is 9.13 Å². The van der Waals surface area contributed by atoms with E-state index in [1.54, 1.807) is 7.05 Å². The quantitative estimate of drug-likeness (QED) is 0.862. The number of rotatable bonds is 3. The molecule has 1 aromatic rings. The molecule has 1 N–H and O–H groups in total. The lowest BCUT2D eigenvalue weighted by Crippen LogP contribution is -2.46. The number of anilines is 2. The molecule has 0 aromatic carbocycles. The SMILES string of the molecule is CCC1COCCN1c1nc(NC)ncc1F. The van der Waals surface area contributed by atoms with Gasteiger partial charge in [-0.3, -0.25) is 0 Å². The summed E-state index contributed by atoms with van der Waals surface area (Å²) < 4.78 is 19.2. The minimum Gasteiger partial charge on any atom is -0.377 e. The molecule has 2 rings (SSSR count). The van der Waals surface area contributed by atoms with Crippen molar-refractivity contribution in [2.75, 3.05) is 37.0 Å². The number of nitrogens with one attached hydrogen (secondary N) is 1. The van der Waals surface area contributed by atoms with Gasteiger partial charge in [-0.05, 0) is 6.42 Å². The summed E-state index contributed by atoms with van der Waals surface area (Å²) in [6.07, 6.45) is 2.11. The molecule has 1 fully saturated rings. The minimum atomic E-state index is -0.385. The normalized spacial score (nSPS) is 20.4. The summed E-state index contributed by atoms with van der Waals surface area (Å²) in [5.41, 5.74) is 0. The van der Waals surface area contributed by atoms with Crippen LogP contribution in [0.2, 0.25) is 0 Å². The Morgan fingerprint density at radius 2 is 2.47 bits per heavy atom. The third-order valence-corrected chi connectivity index (χ3v) is 2.92. The first kappa shape index (κ1) is 12.0. The van der Waals surface area contributed by atoms with Crippen molar-refractivity contribution in [3.8, 4) is 0 Å². The summed E-state index contributed by atoms with van der Waals surface area (Å²) in [5.74, 6) is 0.409. The molecule has 1 saturated heterocycles. The predicted molar refractivity (Wildman–Crippen MR) is 63.8 cm³/mol. The molecule has 1 atom stereocenters. The molecule has 0 amide bonds. The number of hydrogen-bond donors (Lipinski definition) is 1. The molecular weight excluding hydrogens is 223 g/mol. The summed E-state index contributed by atoms with van der Waals surface area (Å²) >= 11 is 0. The van der Waals surface area contributed by atoms with E-state index in [-0.39, 0.29) is 11.9 Å². The smallest absolute Gasteiger partial charge is 0.224 e. The Kier molecular flexibility index (Phi) is 3.73. The van der Waals surface area contributed by atoms with Crippen molar-refractivity contribution >= 4 is 11.8 Å². The topological polar surface area (TPSA) is 50.3 Å². The molecule has 2 heterocycles. The Balaban J connectivity index is 2.30. The molecule has 0 spiro atoms. The van der Waals surface area contributed by atoms with E-state index < -0.39 is 0 Å². The van der Waals surface area contributed by atoms with Crippen LogP contribution in [0.15, 0.2) is 6.20 Å². The Bertz CT molecular complexity index is 388. The van der Waals surface area contributed by atoms with E-state index in [0.717, 1.165) is 6.42 Å². The fourth-order valence-electron chi connectivity index (χ4n) is 1.95. The van der Waals surface area contributed by atoms with Crippen molar-refractivity contribution in [3.05, 3.63) is 12.0 Å². The first-order valence-corrected chi connectivity index (χ1v) is 5.81. The zero-order chi connectivity index (χ0) is 12.3. The van der Waals surface area contributed by atoms with Crippen molar-refractivity contribution in [1.82, 2.24) is 9.97 Å². The van der Waals surface area contributed by atoms with Crippen LogP contribution in [0.4, 0.5) is 16.2 Å². The standard InChI is InChI=1S/C11H17FN4O/c1-3-8-7-17-5-4-16(8)10-9(12)6-14-11(13-2)15-10/h6,8H,3-5,7H2,1-2H3,(H,13,14,15). The van der Waals surface area contributed by atoms with Crippen molar-refractivity contribution in [3.63, 3.8) is 0 Å². The first-order chi connectivity index (χ1) is 8.26. The molecule has 17 heavy (non-hydrogen) atoms. The van der Waals surface area contributed by atoms with Crippen LogP contribution in [0.5, 0.6) is 0 Å². The molecule has 1 aromatic heterocycles. The van der Waals surface area contributed by atoms with Gasteiger partial charge in [-0.25, -0.2) is 9.37 Å². The summed E-state index contributed by atoms with van der Waals surface area (Å²) in [5, 5.41) is 2.82. The van der Waals surface area contributed by atoms with Gasteiger partial charge in [0.05, 0.1) is 25.5 Å². The number of halogens is 1. The van der Waals surface area contributed by atoms with E-state index in [1.165, 1.54) is 6.20 Å². The lowest BCUT2D eigenvalue weighted by Gasteiger charge is -2.36. The van der Waals surface area contributed by atoms with Crippen molar-refractivity contribution in [2.45, 2.75) is 19.4 Å². The maximum atomic E-state index is 13.8. The summed E-state index contributed by atoms with van der Waals surface area (Å²) in [6.45, 7) is 3.95. The Labute approximate surface area is 100 Å². The molecule has 0 bridgehead atoms. The molecule has 6 heteroatoms. The van der Waals surface area contributed by atoms with Crippen molar-refractivity contribution in [2.24, 2.45) is 0 Å². The van der Waals surface area contributed by atoms with E-state index in [2.05, 4.69) is 22.2 Å². The molecule has 5 nitrogen and oxygen atoms in total. The molecule has 1 unspecified atom stereocenters. The van der Waals surface area contributed by atoms with Gasteiger partial charge in [-0.15, -0.1) is 0 Å². The van der Waals surface area contributed by atoms with Crippen LogP contribution in [0, 0.1) is 5.82 Å². The number of aromatic nitrogens is 2. The van der Waals surface area contributed by atoms with E-state index in [4.69, 9.17) is 4.74 Å². The average Bonchev–Trinajstić information content (AvgIpc) is 2.39. The molecule has 0 radical (unpaired) electrons. The van der Waals surface area contributed by atoms with E-state index in [9.17, 15) is 4.39 Å². The van der Waals surface area contributed by atoms with E-state index in [0.29, 0.717) is 31.5 Å². The van der Waals surface area contributed by atoms with Crippen molar-refractivity contribution in [1.29, 1.82) is 0 Å². The second-order valence-corrected chi connectivity index (χ2v) is 3.95. The van der Waals surface area contributed by atoms with Gasteiger partial charge in [-0.2, -0.15) is 4.98 Å². The van der Waals surface area contributed by atoms with Crippen LogP contribution in [-0.2, 0) is 4.74 Å². The van der Waals surface area contributed by atoms with Gasteiger partial charge in [0.1, 0.15) is 0 Å². The zero-order valence-corrected chi connectivity index (χ0v) is 10.1. The highest BCUT2D eigenvalue weighted by Crippen LogP contribution is 2.22. The van der Waals surface area contributed by atoms with Crippen LogP contribution in [-0.4, -0.2) is 42.8 Å². The monoisotopic (exact) mass is 240 g/mol. The van der Waals surface area contributed by atoms with Crippen LogP contribution >= 0.6 is 0 Å². The zero-order valence-electron chi connectivity index (χ0n) is 10.1. The largest absolute Gasteiger partial charge is 0.377 e. The molecule has 1 aliphatic rings. The summed E-state index contributed by atoms with van der Waals surface area (Å²) in [7, 11) is 1.72. The lowest BCUT2D eigenvalue weighted by atomic mass is 10.2. The third-order valence-electron chi connectivity index (χ3n) is 2.92. The van der Waals surface area contributed by atoms with Gasteiger partial charge in [0, 0.05) is 13.6 Å². The van der Waals surface area contributed by atoms with E-state index in [1.807, 2.05) is 4.90 Å². The highest BCUT2D eigenvalue weighted by Gasteiger charge is 2.25. The lowest BCUT2D eigenvalue weighted by molar-refractivity contribution is 0.0921. The number of nitrogens with zero attached hydrogens (tertiary/aromatic N) is 3. The van der Waals surface area contributed by atoms with Crippen LogP contribution in [0.25, 0.3) is 0 Å². The molecular formula is C11H17FN4O. The summed E-state index contributed by atoms with van der Waals surface area (Å²) in [4.78, 5) is 9.99. The second kappa shape index (κ2) is 5.27. The Hall–Kier alpha value is -1.43. The maximum absolute atomic E-state index is 13.8. The molecule has 0 aliphatic carbocycles. The van der Waals surface area contributed by atoms with E-state index >= 15 is 0 Å². The van der Waals surface area contributed by atoms with Gasteiger partial charge in [0.25, 0.3) is 0 Å². The fourth-order valence-corrected chi connectivity index (χ4v) is 1.95. The molecule has 0 saturated carbocycles. The summed E-state index contributed by atoms with van der Waals surface area (Å²) in [6, 6.07) is 0.179. The number of hydrogen-bond acceptors (Lipinski definition) is 5.